The Hall–Kier alpha value is -2.46. The topological polar surface area (TPSA) is 51.5 Å². The highest BCUT2D eigenvalue weighted by Gasteiger charge is 2.15. The fraction of sp³-hybridized carbons (Fsp3) is 0.167. The fourth-order valence-electron chi connectivity index (χ4n) is 2.71. The number of hydrogen-bond donors (Lipinski definition) is 1. The lowest BCUT2D eigenvalue weighted by Crippen LogP contribution is -2.12. The lowest BCUT2D eigenvalue weighted by molar-refractivity contribution is 0.409. The molecule has 0 amide bonds. The van der Waals surface area contributed by atoms with Crippen LogP contribution in [0.4, 0.5) is 0 Å². The van der Waals surface area contributed by atoms with Crippen LogP contribution < -0.4 is 10.2 Å². The smallest absolute Gasteiger partial charge is 0.200 e. The molecule has 118 valence electrons. The van der Waals surface area contributed by atoms with E-state index in [4.69, 9.17) is 16.3 Å². The molecule has 23 heavy (non-hydrogen) atoms. The van der Waals surface area contributed by atoms with Crippen LogP contribution in [0.1, 0.15) is 6.92 Å². The minimum atomic E-state index is -0.230. The minimum absolute atomic E-state index is 0.0876. The van der Waals surface area contributed by atoms with Gasteiger partial charge in [0, 0.05) is 35.5 Å². The van der Waals surface area contributed by atoms with Crippen LogP contribution in [0.3, 0.4) is 0 Å². The standard InChI is InChI=1S/C18H16ClNO3/c1-3-20-10-14(11-5-4-6-12(19)7-11)18(22)17-15(20)8-13(23-2)9-16(17)21/h4-10,21H,3H2,1-2H3. The van der Waals surface area contributed by atoms with Gasteiger partial charge in [-0.3, -0.25) is 4.79 Å². The van der Waals surface area contributed by atoms with Crippen molar-refractivity contribution < 1.29 is 9.84 Å². The van der Waals surface area contributed by atoms with Crippen molar-refractivity contribution in [2.24, 2.45) is 0 Å². The Morgan fingerprint density at radius 3 is 2.70 bits per heavy atom. The van der Waals surface area contributed by atoms with Crippen LogP contribution in [0.15, 0.2) is 47.4 Å². The average Bonchev–Trinajstić information content (AvgIpc) is 2.54. The molecule has 0 radical (unpaired) electrons. The van der Waals surface area contributed by atoms with Crippen molar-refractivity contribution in [1.82, 2.24) is 4.57 Å². The van der Waals surface area contributed by atoms with Gasteiger partial charge in [0.15, 0.2) is 0 Å². The Kier molecular flexibility index (Phi) is 4.01. The van der Waals surface area contributed by atoms with Gasteiger partial charge in [0.2, 0.25) is 5.43 Å². The second kappa shape index (κ2) is 5.97. The first-order chi connectivity index (χ1) is 11.0. The largest absolute Gasteiger partial charge is 0.507 e. The highest BCUT2D eigenvalue weighted by molar-refractivity contribution is 6.30. The van der Waals surface area contributed by atoms with Crippen molar-refractivity contribution in [3.05, 3.63) is 57.8 Å². The van der Waals surface area contributed by atoms with Crippen LogP contribution in [0.25, 0.3) is 22.0 Å². The molecule has 5 heteroatoms. The number of halogens is 1. The van der Waals surface area contributed by atoms with Crippen molar-refractivity contribution in [2.75, 3.05) is 7.11 Å². The van der Waals surface area contributed by atoms with Crippen molar-refractivity contribution in [2.45, 2.75) is 13.5 Å². The Morgan fingerprint density at radius 1 is 1.26 bits per heavy atom. The monoisotopic (exact) mass is 329 g/mol. The van der Waals surface area contributed by atoms with Gasteiger partial charge in [-0.2, -0.15) is 0 Å². The molecule has 3 rings (SSSR count). The number of fused-ring (bicyclic) bond motifs is 1. The highest BCUT2D eigenvalue weighted by atomic mass is 35.5. The number of ether oxygens (including phenoxy) is 1. The molecule has 0 bridgehead atoms. The van der Waals surface area contributed by atoms with Crippen molar-refractivity contribution in [3.63, 3.8) is 0 Å². The zero-order chi connectivity index (χ0) is 16.6. The fourth-order valence-corrected chi connectivity index (χ4v) is 2.90. The maximum Gasteiger partial charge on any atom is 0.200 e. The predicted molar refractivity (Wildman–Crippen MR) is 92.5 cm³/mol. The normalized spacial score (nSPS) is 10.9. The lowest BCUT2D eigenvalue weighted by Gasteiger charge is -2.14. The van der Waals surface area contributed by atoms with Gasteiger partial charge >= 0.3 is 0 Å². The SMILES string of the molecule is CCn1cc(-c2cccc(Cl)c2)c(=O)c2c(O)cc(OC)cc21. The molecule has 0 spiro atoms. The molecular formula is C18H16ClNO3. The average molecular weight is 330 g/mol. The summed E-state index contributed by atoms with van der Waals surface area (Å²) in [4.78, 5) is 12.9. The van der Waals surface area contributed by atoms with Crippen LogP contribution in [-0.4, -0.2) is 16.8 Å². The molecule has 0 aliphatic heterocycles. The number of methoxy groups -OCH3 is 1. The van der Waals surface area contributed by atoms with Crippen LogP contribution in [0.2, 0.25) is 5.02 Å². The highest BCUT2D eigenvalue weighted by Crippen LogP contribution is 2.30. The summed E-state index contributed by atoms with van der Waals surface area (Å²) in [6, 6.07) is 10.3. The molecule has 0 saturated heterocycles. The van der Waals surface area contributed by atoms with E-state index in [1.165, 1.54) is 13.2 Å². The molecule has 0 aliphatic carbocycles. The number of aromatic hydroxyl groups is 1. The van der Waals surface area contributed by atoms with Crippen molar-refractivity contribution in [1.29, 1.82) is 0 Å². The van der Waals surface area contributed by atoms with E-state index in [9.17, 15) is 9.90 Å². The van der Waals surface area contributed by atoms with Gasteiger partial charge in [0.25, 0.3) is 0 Å². The number of hydrogen-bond acceptors (Lipinski definition) is 3. The van der Waals surface area contributed by atoms with E-state index in [1.807, 2.05) is 17.6 Å². The van der Waals surface area contributed by atoms with Gasteiger partial charge in [0.1, 0.15) is 11.5 Å². The minimum Gasteiger partial charge on any atom is -0.507 e. The summed E-state index contributed by atoms with van der Waals surface area (Å²) >= 11 is 6.04. The second-order valence-electron chi connectivity index (χ2n) is 5.21. The third-order valence-corrected chi connectivity index (χ3v) is 4.08. The Bertz CT molecular complexity index is 947. The van der Waals surface area contributed by atoms with Crippen LogP contribution >= 0.6 is 11.6 Å². The molecule has 4 nitrogen and oxygen atoms in total. The van der Waals surface area contributed by atoms with Gasteiger partial charge in [-0.15, -0.1) is 0 Å². The molecule has 0 unspecified atom stereocenters. The van der Waals surface area contributed by atoms with Gasteiger partial charge in [-0.25, -0.2) is 0 Å². The van der Waals surface area contributed by atoms with Crippen LogP contribution in [0, 0.1) is 0 Å². The number of pyridine rings is 1. The van der Waals surface area contributed by atoms with E-state index >= 15 is 0 Å². The van der Waals surface area contributed by atoms with Gasteiger partial charge in [-0.05, 0) is 24.6 Å². The summed E-state index contributed by atoms with van der Waals surface area (Å²) in [7, 11) is 1.52. The number of aryl methyl sites for hydroxylation is 1. The Labute approximate surface area is 138 Å². The number of benzene rings is 2. The number of phenols is 1. The molecule has 1 N–H and O–H groups in total. The summed E-state index contributed by atoms with van der Waals surface area (Å²) in [6.45, 7) is 2.62. The van der Waals surface area contributed by atoms with E-state index in [2.05, 4.69) is 0 Å². The molecular weight excluding hydrogens is 314 g/mol. The first kappa shape index (κ1) is 15.4. The molecule has 1 aromatic heterocycles. The summed E-state index contributed by atoms with van der Waals surface area (Å²) in [5, 5.41) is 11.1. The molecule has 0 fully saturated rings. The molecule has 3 aromatic rings. The number of rotatable bonds is 3. The van der Waals surface area contributed by atoms with Crippen LogP contribution in [0.5, 0.6) is 11.5 Å². The van der Waals surface area contributed by atoms with E-state index < -0.39 is 0 Å². The zero-order valence-corrected chi connectivity index (χ0v) is 13.6. The quantitative estimate of drug-likeness (QED) is 0.788. The third kappa shape index (κ3) is 2.66. The van der Waals surface area contributed by atoms with E-state index in [-0.39, 0.29) is 16.6 Å². The van der Waals surface area contributed by atoms with E-state index in [1.54, 1.807) is 30.5 Å². The Morgan fingerprint density at radius 2 is 2.04 bits per heavy atom. The molecule has 2 aromatic carbocycles. The van der Waals surface area contributed by atoms with Gasteiger partial charge in [0.05, 0.1) is 18.0 Å². The van der Waals surface area contributed by atoms with Crippen molar-refractivity contribution in [3.8, 4) is 22.6 Å². The van der Waals surface area contributed by atoms with Gasteiger partial charge in [-0.1, -0.05) is 23.7 Å². The Balaban J connectivity index is 2.40. The molecule has 0 atom stereocenters. The second-order valence-corrected chi connectivity index (χ2v) is 5.65. The van der Waals surface area contributed by atoms with E-state index in [0.29, 0.717) is 28.4 Å². The zero-order valence-electron chi connectivity index (χ0n) is 12.8. The predicted octanol–water partition coefficient (Wildman–Crippen LogP) is 4.06. The molecule has 0 aliphatic rings. The number of phenolic OH excluding ortho intramolecular Hbond substituents is 1. The number of aromatic nitrogens is 1. The maximum atomic E-state index is 12.9. The van der Waals surface area contributed by atoms with E-state index in [0.717, 1.165) is 5.56 Å². The number of nitrogens with zero attached hydrogens (tertiary/aromatic N) is 1. The van der Waals surface area contributed by atoms with Gasteiger partial charge < -0.3 is 14.4 Å². The summed E-state index contributed by atoms with van der Waals surface area (Å²) in [5.41, 5.74) is 1.64. The lowest BCUT2D eigenvalue weighted by atomic mass is 10.0. The first-order valence-corrected chi connectivity index (χ1v) is 7.63. The summed E-state index contributed by atoms with van der Waals surface area (Å²) in [6.07, 6.45) is 1.79. The van der Waals surface area contributed by atoms with Crippen LogP contribution in [-0.2, 0) is 6.54 Å². The maximum absolute atomic E-state index is 12.9. The first-order valence-electron chi connectivity index (χ1n) is 7.25. The molecule has 0 saturated carbocycles. The third-order valence-electron chi connectivity index (χ3n) is 3.85. The summed E-state index contributed by atoms with van der Waals surface area (Å²) in [5.74, 6) is 0.419. The molecule has 1 heterocycles. The van der Waals surface area contributed by atoms with Crippen molar-refractivity contribution >= 4 is 22.5 Å². The summed E-state index contributed by atoms with van der Waals surface area (Å²) < 4.78 is 7.09.